The molecule has 0 spiro atoms. The molecule has 1 aliphatic rings. The highest BCUT2D eigenvalue weighted by Crippen LogP contribution is 2.40. The Kier molecular flexibility index (Phi) is 4.37. The van der Waals surface area contributed by atoms with Crippen molar-refractivity contribution in [3.8, 4) is 0 Å². The Hall–Kier alpha value is -1.35. The SMILES string of the molecule is CCOC(=O)C(CC)NC1CC1c1ccccc1. The van der Waals surface area contributed by atoms with E-state index in [1.807, 2.05) is 19.9 Å². The number of benzene rings is 1. The first-order valence-corrected chi connectivity index (χ1v) is 6.73. The van der Waals surface area contributed by atoms with Crippen molar-refractivity contribution in [1.29, 1.82) is 0 Å². The van der Waals surface area contributed by atoms with E-state index >= 15 is 0 Å². The highest BCUT2D eigenvalue weighted by Gasteiger charge is 2.40. The standard InChI is InChI=1S/C15H21NO2/c1-3-13(15(17)18-4-2)16-14-10-12(14)11-8-6-5-7-9-11/h5-9,12-14,16H,3-4,10H2,1-2H3. The van der Waals surface area contributed by atoms with E-state index < -0.39 is 0 Å². The molecule has 2 rings (SSSR count). The molecule has 1 N–H and O–H groups in total. The number of rotatable bonds is 6. The lowest BCUT2D eigenvalue weighted by molar-refractivity contribution is -0.145. The summed E-state index contributed by atoms with van der Waals surface area (Å²) in [4.78, 5) is 11.7. The van der Waals surface area contributed by atoms with Crippen LogP contribution in [-0.2, 0) is 9.53 Å². The molecule has 1 aliphatic carbocycles. The molecule has 1 aromatic rings. The first-order valence-electron chi connectivity index (χ1n) is 6.73. The van der Waals surface area contributed by atoms with Gasteiger partial charge < -0.3 is 10.1 Å². The lowest BCUT2D eigenvalue weighted by Crippen LogP contribution is -2.39. The Labute approximate surface area is 109 Å². The highest BCUT2D eigenvalue weighted by atomic mass is 16.5. The molecule has 0 amide bonds. The van der Waals surface area contributed by atoms with Crippen molar-refractivity contribution in [2.24, 2.45) is 0 Å². The molecule has 1 aromatic carbocycles. The summed E-state index contributed by atoms with van der Waals surface area (Å²) < 4.78 is 5.06. The van der Waals surface area contributed by atoms with Gasteiger partial charge in [0.15, 0.2) is 0 Å². The van der Waals surface area contributed by atoms with E-state index in [0.717, 1.165) is 12.8 Å². The minimum atomic E-state index is -0.163. The first kappa shape index (κ1) is 13.1. The number of hydrogen-bond donors (Lipinski definition) is 1. The fraction of sp³-hybridized carbons (Fsp3) is 0.533. The van der Waals surface area contributed by atoms with Gasteiger partial charge in [-0.2, -0.15) is 0 Å². The van der Waals surface area contributed by atoms with Crippen LogP contribution in [0, 0.1) is 0 Å². The molecule has 0 radical (unpaired) electrons. The molecular formula is C15H21NO2. The van der Waals surface area contributed by atoms with E-state index in [9.17, 15) is 4.79 Å². The average Bonchev–Trinajstić information content (AvgIpc) is 3.16. The van der Waals surface area contributed by atoms with Gasteiger partial charge in [0, 0.05) is 12.0 Å². The van der Waals surface area contributed by atoms with Crippen LogP contribution in [0.15, 0.2) is 30.3 Å². The number of esters is 1. The summed E-state index contributed by atoms with van der Waals surface area (Å²) in [5, 5.41) is 3.40. The van der Waals surface area contributed by atoms with Gasteiger partial charge in [0.25, 0.3) is 0 Å². The quantitative estimate of drug-likeness (QED) is 0.785. The van der Waals surface area contributed by atoms with Gasteiger partial charge in [-0.05, 0) is 25.3 Å². The zero-order chi connectivity index (χ0) is 13.0. The molecular weight excluding hydrogens is 226 g/mol. The normalized spacial score (nSPS) is 23.4. The van der Waals surface area contributed by atoms with Crippen LogP contribution in [0.3, 0.4) is 0 Å². The number of hydrogen-bond acceptors (Lipinski definition) is 3. The summed E-state index contributed by atoms with van der Waals surface area (Å²) in [6.07, 6.45) is 1.89. The molecule has 0 aromatic heterocycles. The van der Waals surface area contributed by atoms with Crippen LogP contribution < -0.4 is 5.32 Å². The van der Waals surface area contributed by atoms with Crippen LogP contribution in [0.5, 0.6) is 0 Å². The number of carbonyl (C=O) groups excluding carboxylic acids is 1. The summed E-state index contributed by atoms with van der Waals surface area (Å²) in [5.41, 5.74) is 1.36. The number of nitrogens with one attached hydrogen (secondary N) is 1. The third-order valence-corrected chi connectivity index (χ3v) is 3.41. The second-order valence-corrected chi connectivity index (χ2v) is 4.74. The Morgan fingerprint density at radius 2 is 2.11 bits per heavy atom. The van der Waals surface area contributed by atoms with Crippen molar-refractivity contribution in [1.82, 2.24) is 5.32 Å². The molecule has 98 valence electrons. The lowest BCUT2D eigenvalue weighted by atomic mass is 10.1. The molecule has 0 aliphatic heterocycles. The van der Waals surface area contributed by atoms with Gasteiger partial charge in [-0.1, -0.05) is 37.3 Å². The predicted molar refractivity (Wildman–Crippen MR) is 71.4 cm³/mol. The van der Waals surface area contributed by atoms with Crippen molar-refractivity contribution in [2.75, 3.05) is 6.61 Å². The molecule has 3 unspecified atom stereocenters. The van der Waals surface area contributed by atoms with Crippen LogP contribution in [0.4, 0.5) is 0 Å². The average molecular weight is 247 g/mol. The minimum Gasteiger partial charge on any atom is -0.465 e. The van der Waals surface area contributed by atoms with E-state index in [-0.39, 0.29) is 12.0 Å². The molecule has 1 saturated carbocycles. The van der Waals surface area contributed by atoms with Gasteiger partial charge in [-0.15, -0.1) is 0 Å². The fourth-order valence-electron chi connectivity index (χ4n) is 2.30. The summed E-state index contributed by atoms with van der Waals surface area (Å²) in [5.74, 6) is 0.424. The van der Waals surface area contributed by atoms with Crippen LogP contribution >= 0.6 is 0 Å². The summed E-state index contributed by atoms with van der Waals surface area (Å²) >= 11 is 0. The molecule has 3 atom stereocenters. The Balaban J connectivity index is 1.86. The largest absolute Gasteiger partial charge is 0.465 e. The molecule has 3 nitrogen and oxygen atoms in total. The summed E-state index contributed by atoms with van der Waals surface area (Å²) in [6.45, 7) is 4.30. The smallest absolute Gasteiger partial charge is 0.323 e. The maximum atomic E-state index is 11.7. The summed E-state index contributed by atoms with van der Waals surface area (Å²) in [7, 11) is 0. The first-order chi connectivity index (χ1) is 8.76. The Bertz CT molecular complexity index is 391. The van der Waals surface area contributed by atoms with Crippen molar-refractivity contribution in [2.45, 2.75) is 44.7 Å². The maximum absolute atomic E-state index is 11.7. The van der Waals surface area contributed by atoms with Crippen molar-refractivity contribution >= 4 is 5.97 Å². The van der Waals surface area contributed by atoms with Gasteiger partial charge in [-0.3, -0.25) is 4.79 Å². The zero-order valence-corrected chi connectivity index (χ0v) is 11.1. The third-order valence-electron chi connectivity index (χ3n) is 3.41. The number of ether oxygens (including phenoxy) is 1. The van der Waals surface area contributed by atoms with Crippen LogP contribution in [0.1, 0.15) is 38.2 Å². The van der Waals surface area contributed by atoms with E-state index in [1.54, 1.807) is 0 Å². The minimum absolute atomic E-state index is 0.126. The highest BCUT2D eigenvalue weighted by molar-refractivity contribution is 5.75. The van der Waals surface area contributed by atoms with Crippen LogP contribution in [-0.4, -0.2) is 24.7 Å². The molecule has 1 fully saturated rings. The second-order valence-electron chi connectivity index (χ2n) is 4.74. The fourth-order valence-corrected chi connectivity index (χ4v) is 2.30. The third kappa shape index (κ3) is 3.10. The van der Waals surface area contributed by atoms with Gasteiger partial charge in [0.1, 0.15) is 6.04 Å². The molecule has 3 heteroatoms. The summed E-state index contributed by atoms with van der Waals surface area (Å²) in [6, 6.07) is 10.7. The molecule has 18 heavy (non-hydrogen) atoms. The van der Waals surface area contributed by atoms with Crippen molar-refractivity contribution < 1.29 is 9.53 Å². The Morgan fingerprint density at radius 1 is 1.39 bits per heavy atom. The van der Waals surface area contributed by atoms with Crippen molar-refractivity contribution in [3.63, 3.8) is 0 Å². The van der Waals surface area contributed by atoms with E-state index in [0.29, 0.717) is 18.6 Å². The molecule has 0 heterocycles. The topological polar surface area (TPSA) is 38.3 Å². The van der Waals surface area contributed by atoms with Crippen LogP contribution in [0.25, 0.3) is 0 Å². The Morgan fingerprint density at radius 3 is 2.72 bits per heavy atom. The van der Waals surface area contributed by atoms with Gasteiger partial charge in [0.05, 0.1) is 6.61 Å². The van der Waals surface area contributed by atoms with E-state index in [1.165, 1.54) is 5.56 Å². The monoisotopic (exact) mass is 247 g/mol. The van der Waals surface area contributed by atoms with Crippen LogP contribution in [0.2, 0.25) is 0 Å². The second kappa shape index (κ2) is 6.01. The van der Waals surface area contributed by atoms with Gasteiger partial charge in [-0.25, -0.2) is 0 Å². The van der Waals surface area contributed by atoms with E-state index in [4.69, 9.17) is 4.74 Å². The number of carbonyl (C=O) groups is 1. The predicted octanol–water partition coefficient (Wildman–Crippen LogP) is 2.47. The van der Waals surface area contributed by atoms with Crippen molar-refractivity contribution in [3.05, 3.63) is 35.9 Å². The van der Waals surface area contributed by atoms with E-state index in [2.05, 4.69) is 29.6 Å². The molecule has 0 saturated heterocycles. The lowest BCUT2D eigenvalue weighted by Gasteiger charge is -2.15. The zero-order valence-electron chi connectivity index (χ0n) is 11.1. The van der Waals surface area contributed by atoms with Gasteiger partial charge >= 0.3 is 5.97 Å². The van der Waals surface area contributed by atoms with Gasteiger partial charge in [0.2, 0.25) is 0 Å². The molecule has 0 bridgehead atoms. The maximum Gasteiger partial charge on any atom is 0.323 e.